The van der Waals surface area contributed by atoms with E-state index < -0.39 is 17.3 Å². The summed E-state index contributed by atoms with van der Waals surface area (Å²) in [5.41, 5.74) is 1.20. The Morgan fingerprint density at radius 3 is 2.62 bits per heavy atom. The first-order chi connectivity index (χ1) is 15.1. The molecule has 0 radical (unpaired) electrons. The molecular weight excluding hydrogens is 435 g/mol. The lowest BCUT2D eigenvalue weighted by Gasteiger charge is -2.21. The first-order valence-corrected chi connectivity index (χ1v) is 11.0. The van der Waals surface area contributed by atoms with Gasteiger partial charge in [0.15, 0.2) is 11.6 Å². The van der Waals surface area contributed by atoms with Crippen LogP contribution in [0.3, 0.4) is 0 Å². The summed E-state index contributed by atoms with van der Waals surface area (Å²) in [6, 6.07) is 11.0. The third-order valence-corrected chi connectivity index (χ3v) is 5.69. The molecule has 0 fully saturated rings. The average Bonchev–Trinajstić information content (AvgIpc) is 3.01. The first kappa shape index (κ1) is 23.3. The number of sulfonamides is 1. The monoisotopic (exact) mass is 456 g/mol. The first-order valence-electron chi connectivity index (χ1n) is 9.56. The van der Waals surface area contributed by atoms with Crippen molar-refractivity contribution in [1.82, 2.24) is 5.01 Å². The minimum absolute atomic E-state index is 0.0266. The average molecular weight is 456 g/mol. The molecule has 0 saturated heterocycles. The summed E-state index contributed by atoms with van der Waals surface area (Å²) in [5.74, 6) is 0.695. The van der Waals surface area contributed by atoms with Crippen LogP contribution < -0.4 is 9.39 Å². The maximum absolute atomic E-state index is 12.6. The van der Waals surface area contributed by atoms with Crippen molar-refractivity contribution in [3.05, 3.63) is 53.1 Å². The molecule has 10 nitrogen and oxygen atoms in total. The molecule has 0 bridgehead atoms. The lowest BCUT2D eigenvalue weighted by molar-refractivity contribution is 0.279. The van der Waals surface area contributed by atoms with E-state index in [1.54, 1.807) is 18.2 Å². The Morgan fingerprint density at radius 1 is 1.25 bits per heavy atom. The summed E-state index contributed by atoms with van der Waals surface area (Å²) in [4.78, 5) is -0.0266. The van der Waals surface area contributed by atoms with Gasteiger partial charge in [0.2, 0.25) is 0 Å². The summed E-state index contributed by atoms with van der Waals surface area (Å²) >= 11 is 0. The van der Waals surface area contributed by atoms with Gasteiger partial charge in [0.05, 0.1) is 25.0 Å². The van der Waals surface area contributed by atoms with Crippen LogP contribution in [0.4, 0.5) is 0 Å². The smallest absolute Gasteiger partial charge is 0.509 e. The van der Waals surface area contributed by atoms with Gasteiger partial charge in [-0.3, -0.25) is 0 Å². The van der Waals surface area contributed by atoms with E-state index >= 15 is 0 Å². The maximum atomic E-state index is 12.6. The highest BCUT2D eigenvalue weighted by molar-refractivity contribution is 7.90. The van der Waals surface area contributed by atoms with Crippen LogP contribution in [0.2, 0.25) is 0 Å². The van der Waals surface area contributed by atoms with Crippen molar-refractivity contribution >= 4 is 29.4 Å². The van der Waals surface area contributed by atoms with Gasteiger partial charge in [-0.1, -0.05) is 13.8 Å². The number of nitriles is 1. The number of benzene rings is 2. The number of hydrogen-bond acceptors (Lipinski definition) is 9. The molecule has 2 N–H and O–H groups in total. The second-order valence-corrected chi connectivity index (χ2v) is 8.86. The number of hydrogen-bond donors (Lipinski definition) is 2. The van der Waals surface area contributed by atoms with Gasteiger partial charge in [0.1, 0.15) is 10.6 Å². The van der Waals surface area contributed by atoms with Crippen LogP contribution in [0.5, 0.6) is 11.5 Å². The molecular formula is C20H21BN4O6S. The van der Waals surface area contributed by atoms with Crippen LogP contribution in [0, 0.1) is 17.2 Å². The zero-order chi connectivity index (χ0) is 23.5. The Kier molecular flexibility index (Phi) is 6.83. The van der Waals surface area contributed by atoms with Crippen molar-refractivity contribution in [1.29, 1.82) is 5.26 Å². The van der Waals surface area contributed by atoms with E-state index in [0.717, 1.165) is 0 Å². The molecule has 1 heterocycles. The number of fused-ring (bicyclic) bond motifs is 1. The standard InChI is InChI=1S/C20H21BN4O6S/c1-13(2)12-25(20-16-6-4-14(10-22)9-19(16)32(28,29)24-20)23-11-15-5-7-17(31-21(26)27)18(8-15)30-3/h4-9,11,13,26-27H,12H2,1-3H3/b23-11+. The minimum atomic E-state index is -3.94. The molecule has 166 valence electrons. The molecule has 3 rings (SSSR count). The Hall–Kier alpha value is -3.40. The second-order valence-electron chi connectivity index (χ2n) is 7.29. The largest absolute Gasteiger partial charge is 0.707 e. The lowest BCUT2D eigenvalue weighted by Crippen LogP contribution is -2.29. The number of ether oxygens (including phenoxy) is 1. The fourth-order valence-corrected chi connectivity index (χ4v) is 4.27. The van der Waals surface area contributed by atoms with Gasteiger partial charge in [-0.15, -0.1) is 4.40 Å². The van der Waals surface area contributed by atoms with Crippen molar-refractivity contribution in [3.8, 4) is 17.6 Å². The molecule has 2 aromatic carbocycles. The maximum Gasteiger partial charge on any atom is 0.707 e. The van der Waals surface area contributed by atoms with Crippen LogP contribution >= 0.6 is 0 Å². The molecule has 0 atom stereocenters. The minimum Gasteiger partial charge on any atom is -0.509 e. The van der Waals surface area contributed by atoms with E-state index in [2.05, 4.69) is 9.50 Å². The van der Waals surface area contributed by atoms with E-state index in [4.69, 9.17) is 24.7 Å². The van der Waals surface area contributed by atoms with Crippen LogP contribution in [0.1, 0.15) is 30.5 Å². The fraction of sp³-hybridized carbons (Fsp3) is 0.250. The quantitative estimate of drug-likeness (QED) is 0.361. The molecule has 1 aliphatic heterocycles. The third kappa shape index (κ3) is 5.08. The van der Waals surface area contributed by atoms with Gasteiger partial charge in [0, 0.05) is 12.1 Å². The molecule has 12 heteroatoms. The zero-order valence-corrected chi connectivity index (χ0v) is 18.4. The fourth-order valence-electron chi connectivity index (χ4n) is 3.03. The van der Waals surface area contributed by atoms with Gasteiger partial charge in [-0.05, 0) is 47.9 Å². The van der Waals surface area contributed by atoms with E-state index in [0.29, 0.717) is 17.7 Å². The molecule has 0 aromatic heterocycles. The number of rotatable bonds is 7. The summed E-state index contributed by atoms with van der Waals surface area (Å²) in [5, 5.41) is 33.0. The highest BCUT2D eigenvalue weighted by atomic mass is 32.2. The Bertz CT molecular complexity index is 1220. The summed E-state index contributed by atoms with van der Waals surface area (Å²) in [7, 11) is -4.53. The van der Waals surface area contributed by atoms with Crippen molar-refractivity contribution in [2.45, 2.75) is 18.7 Å². The van der Waals surface area contributed by atoms with Crippen LogP contribution in [0.25, 0.3) is 0 Å². The Labute approximate surface area is 186 Å². The van der Waals surface area contributed by atoms with Crippen molar-refractivity contribution in [3.63, 3.8) is 0 Å². The Morgan fingerprint density at radius 2 is 2.00 bits per heavy atom. The van der Waals surface area contributed by atoms with Crippen molar-refractivity contribution in [2.75, 3.05) is 13.7 Å². The lowest BCUT2D eigenvalue weighted by atomic mass is 10.1. The summed E-state index contributed by atoms with van der Waals surface area (Å²) in [6.45, 7) is 4.31. The van der Waals surface area contributed by atoms with Crippen molar-refractivity contribution < 1.29 is 27.9 Å². The zero-order valence-electron chi connectivity index (χ0n) is 17.6. The molecule has 0 amide bonds. The normalized spacial score (nSPS) is 14.1. The number of hydrazone groups is 1. The molecule has 0 aliphatic carbocycles. The summed E-state index contributed by atoms with van der Waals surface area (Å²) < 4.78 is 39.1. The number of amidine groups is 1. The molecule has 1 aliphatic rings. The predicted octanol–water partition coefficient (Wildman–Crippen LogP) is 1.36. The van der Waals surface area contributed by atoms with E-state index in [9.17, 15) is 8.42 Å². The number of nitrogens with zero attached hydrogens (tertiary/aromatic N) is 4. The SMILES string of the molecule is COc1cc(/C=N/N(CC(C)C)C2=NS(=O)(=O)c3cc(C#N)ccc32)ccc1OB(O)O. The molecule has 0 saturated carbocycles. The number of methoxy groups -OCH3 is 1. The molecule has 0 spiro atoms. The van der Waals surface area contributed by atoms with Crippen LogP contribution in [-0.4, -0.2) is 56.5 Å². The van der Waals surface area contributed by atoms with Crippen molar-refractivity contribution in [2.24, 2.45) is 15.4 Å². The van der Waals surface area contributed by atoms with Gasteiger partial charge in [0.25, 0.3) is 10.0 Å². The topological polar surface area (TPSA) is 145 Å². The molecule has 0 unspecified atom stereocenters. The highest BCUT2D eigenvalue weighted by Crippen LogP contribution is 2.30. The van der Waals surface area contributed by atoms with Gasteiger partial charge in [-0.2, -0.15) is 18.8 Å². The predicted molar refractivity (Wildman–Crippen MR) is 118 cm³/mol. The van der Waals surface area contributed by atoms with Gasteiger partial charge < -0.3 is 19.4 Å². The molecule has 32 heavy (non-hydrogen) atoms. The molecule has 2 aromatic rings. The van der Waals surface area contributed by atoms with Crippen LogP contribution in [-0.2, 0) is 10.0 Å². The van der Waals surface area contributed by atoms with Gasteiger partial charge in [-0.25, -0.2) is 5.01 Å². The summed E-state index contributed by atoms with van der Waals surface area (Å²) in [6.07, 6.45) is 1.50. The van der Waals surface area contributed by atoms with E-state index in [-0.39, 0.29) is 33.7 Å². The van der Waals surface area contributed by atoms with E-state index in [1.807, 2.05) is 19.9 Å². The third-order valence-electron chi connectivity index (χ3n) is 4.38. The van der Waals surface area contributed by atoms with Gasteiger partial charge >= 0.3 is 7.32 Å². The Balaban J connectivity index is 1.98. The second kappa shape index (κ2) is 9.39. The van der Waals surface area contributed by atoms with E-state index in [1.165, 1.54) is 36.5 Å². The van der Waals surface area contributed by atoms with Crippen LogP contribution in [0.15, 0.2) is 50.8 Å². The highest BCUT2D eigenvalue weighted by Gasteiger charge is 2.32.